The first-order chi connectivity index (χ1) is 10.1. The molecule has 0 heterocycles. The molecule has 0 unspecified atom stereocenters. The van der Waals surface area contributed by atoms with E-state index < -0.39 is 6.03 Å². The maximum atomic E-state index is 11.7. The predicted molar refractivity (Wildman–Crippen MR) is 84.0 cm³/mol. The second-order valence-electron chi connectivity index (χ2n) is 4.35. The summed E-state index contributed by atoms with van der Waals surface area (Å²) in [5.74, 6) is -0.000860. The van der Waals surface area contributed by atoms with Crippen molar-refractivity contribution >= 4 is 29.5 Å². The fraction of sp³-hybridized carbons (Fsp3) is 0.0667. The number of benzene rings is 2. The van der Waals surface area contributed by atoms with E-state index in [1.54, 1.807) is 18.2 Å². The minimum absolute atomic E-state index is 0.000860. The zero-order valence-corrected chi connectivity index (χ0v) is 12.1. The van der Waals surface area contributed by atoms with E-state index >= 15 is 0 Å². The molecule has 0 fully saturated rings. The Morgan fingerprint density at radius 1 is 1.29 bits per heavy atom. The lowest BCUT2D eigenvalue weighted by molar-refractivity contribution is 0.252. The number of rotatable bonds is 3. The van der Waals surface area contributed by atoms with Crippen molar-refractivity contribution in [3.8, 4) is 5.75 Å². The van der Waals surface area contributed by atoms with Crippen LogP contribution in [0.1, 0.15) is 11.1 Å². The van der Waals surface area contributed by atoms with Crippen LogP contribution in [0.4, 0.5) is 10.5 Å². The summed E-state index contributed by atoms with van der Waals surface area (Å²) in [7, 11) is 0. The molecule has 0 atom stereocenters. The van der Waals surface area contributed by atoms with Crippen LogP contribution >= 0.6 is 11.6 Å². The summed E-state index contributed by atoms with van der Waals surface area (Å²) in [5.41, 5.74) is 4.70. The number of amides is 2. The second kappa shape index (κ2) is 6.76. The van der Waals surface area contributed by atoms with Crippen LogP contribution in [0.15, 0.2) is 47.6 Å². The van der Waals surface area contributed by atoms with E-state index in [0.717, 1.165) is 11.3 Å². The molecule has 5 nitrogen and oxygen atoms in total. The van der Waals surface area contributed by atoms with Crippen LogP contribution in [0.5, 0.6) is 5.75 Å². The molecule has 3 N–H and O–H groups in total. The molecule has 0 spiro atoms. The number of anilines is 1. The van der Waals surface area contributed by atoms with E-state index in [1.165, 1.54) is 12.3 Å². The standard InChI is InChI=1S/C15H14ClN3O2/c1-10-4-2-3-5-13(10)18-15(21)19-17-9-11-6-7-14(20)12(16)8-11/h2-9,20H,1H3,(H2,18,19,21)/b17-9-. The Kier molecular flexibility index (Phi) is 4.79. The van der Waals surface area contributed by atoms with Crippen molar-refractivity contribution < 1.29 is 9.90 Å². The molecule has 0 radical (unpaired) electrons. The summed E-state index contributed by atoms with van der Waals surface area (Å²) in [5, 5.41) is 16.0. The smallest absolute Gasteiger partial charge is 0.339 e. The van der Waals surface area contributed by atoms with Crippen LogP contribution in [0, 0.1) is 6.92 Å². The Morgan fingerprint density at radius 3 is 2.76 bits per heavy atom. The first-order valence-electron chi connectivity index (χ1n) is 6.20. The van der Waals surface area contributed by atoms with Gasteiger partial charge >= 0.3 is 6.03 Å². The summed E-state index contributed by atoms with van der Waals surface area (Å²) in [6.07, 6.45) is 1.43. The Labute approximate surface area is 127 Å². The van der Waals surface area contributed by atoms with Gasteiger partial charge in [0.05, 0.1) is 11.2 Å². The van der Waals surface area contributed by atoms with E-state index in [0.29, 0.717) is 5.56 Å². The summed E-state index contributed by atoms with van der Waals surface area (Å²) in [6.45, 7) is 1.90. The van der Waals surface area contributed by atoms with E-state index in [2.05, 4.69) is 15.8 Å². The Morgan fingerprint density at radius 2 is 2.05 bits per heavy atom. The molecule has 2 rings (SSSR count). The first kappa shape index (κ1) is 14.9. The number of aromatic hydroxyl groups is 1. The molecule has 0 bridgehead atoms. The van der Waals surface area contributed by atoms with Crippen molar-refractivity contribution in [2.45, 2.75) is 6.92 Å². The number of urea groups is 1. The lowest BCUT2D eigenvalue weighted by Crippen LogP contribution is -2.24. The number of carbonyl (C=O) groups excluding carboxylic acids is 1. The number of hydrogen-bond acceptors (Lipinski definition) is 3. The summed E-state index contributed by atoms with van der Waals surface area (Å²) < 4.78 is 0. The van der Waals surface area contributed by atoms with Crippen LogP contribution in [0.25, 0.3) is 0 Å². The van der Waals surface area contributed by atoms with E-state index in [-0.39, 0.29) is 10.8 Å². The van der Waals surface area contributed by atoms with Crippen molar-refractivity contribution in [3.63, 3.8) is 0 Å². The van der Waals surface area contributed by atoms with Gasteiger partial charge in [0, 0.05) is 5.69 Å². The molecule has 0 aliphatic carbocycles. The minimum Gasteiger partial charge on any atom is -0.506 e. The number of hydrazone groups is 1. The van der Waals surface area contributed by atoms with Crippen LogP contribution in [-0.4, -0.2) is 17.4 Å². The largest absolute Gasteiger partial charge is 0.506 e. The van der Waals surface area contributed by atoms with Crippen LogP contribution in [-0.2, 0) is 0 Å². The second-order valence-corrected chi connectivity index (χ2v) is 4.76. The Bertz CT molecular complexity index is 686. The molecule has 2 amide bonds. The van der Waals surface area contributed by atoms with Crippen LogP contribution in [0.2, 0.25) is 5.02 Å². The highest BCUT2D eigenvalue weighted by molar-refractivity contribution is 6.32. The van der Waals surface area contributed by atoms with Gasteiger partial charge in [-0.3, -0.25) is 0 Å². The molecule has 0 aliphatic heterocycles. The van der Waals surface area contributed by atoms with Gasteiger partial charge in [-0.15, -0.1) is 0 Å². The monoisotopic (exact) mass is 303 g/mol. The van der Waals surface area contributed by atoms with Crippen LogP contribution in [0.3, 0.4) is 0 Å². The van der Waals surface area contributed by atoms with Crippen molar-refractivity contribution in [2.75, 3.05) is 5.32 Å². The third-order valence-electron chi connectivity index (χ3n) is 2.74. The molecule has 6 heteroatoms. The quantitative estimate of drug-likeness (QED) is 0.599. The molecule has 108 valence electrons. The fourth-order valence-corrected chi connectivity index (χ4v) is 1.82. The number of para-hydroxylation sites is 1. The topological polar surface area (TPSA) is 73.7 Å². The van der Waals surface area contributed by atoms with Gasteiger partial charge in [-0.25, -0.2) is 10.2 Å². The SMILES string of the molecule is Cc1ccccc1NC(=O)N/N=C\c1ccc(O)c(Cl)c1. The number of aryl methyl sites for hydroxylation is 1. The fourth-order valence-electron chi connectivity index (χ4n) is 1.63. The van der Waals surface area contributed by atoms with Gasteiger partial charge in [0.2, 0.25) is 0 Å². The average molecular weight is 304 g/mol. The number of halogens is 1. The first-order valence-corrected chi connectivity index (χ1v) is 6.58. The van der Waals surface area contributed by atoms with Gasteiger partial charge in [-0.1, -0.05) is 29.8 Å². The number of nitrogens with zero attached hydrogens (tertiary/aromatic N) is 1. The molecule has 0 saturated carbocycles. The normalized spacial score (nSPS) is 10.6. The molecule has 2 aromatic carbocycles. The Hall–Kier alpha value is -2.53. The lowest BCUT2D eigenvalue weighted by Gasteiger charge is -2.06. The Balaban J connectivity index is 1.93. The van der Waals surface area contributed by atoms with E-state index in [9.17, 15) is 9.90 Å². The minimum atomic E-state index is -0.439. The number of phenolic OH excluding ortho intramolecular Hbond substituents is 1. The summed E-state index contributed by atoms with van der Waals surface area (Å²) >= 11 is 5.77. The zero-order chi connectivity index (χ0) is 15.2. The highest BCUT2D eigenvalue weighted by atomic mass is 35.5. The number of nitrogens with one attached hydrogen (secondary N) is 2. The number of phenols is 1. The summed E-state index contributed by atoms with van der Waals surface area (Å²) in [4.78, 5) is 11.7. The molecule has 0 aliphatic rings. The van der Waals surface area contributed by atoms with Crippen molar-refractivity contribution in [1.29, 1.82) is 0 Å². The van der Waals surface area contributed by atoms with E-state index in [1.807, 2.05) is 25.1 Å². The van der Waals surface area contributed by atoms with Crippen molar-refractivity contribution in [1.82, 2.24) is 5.43 Å². The third-order valence-corrected chi connectivity index (χ3v) is 3.05. The van der Waals surface area contributed by atoms with E-state index in [4.69, 9.17) is 11.6 Å². The maximum absolute atomic E-state index is 11.7. The van der Waals surface area contributed by atoms with Gasteiger partial charge in [-0.05, 0) is 42.3 Å². The summed E-state index contributed by atoms with van der Waals surface area (Å²) in [6, 6.07) is 11.6. The van der Waals surface area contributed by atoms with Crippen molar-refractivity contribution in [2.24, 2.45) is 5.10 Å². The average Bonchev–Trinajstić information content (AvgIpc) is 2.45. The third kappa shape index (κ3) is 4.22. The lowest BCUT2D eigenvalue weighted by atomic mass is 10.2. The van der Waals surface area contributed by atoms with Gasteiger partial charge in [0.1, 0.15) is 5.75 Å². The number of hydrogen-bond donors (Lipinski definition) is 3. The molecule has 21 heavy (non-hydrogen) atoms. The molecular formula is C15H14ClN3O2. The van der Waals surface area contributed by atoms with Gasteiger partial charge in [0.25, 0.3) is 0 Å². The number of carbonyl (C=O) groups is 1. The van der Waals surface area contributed by atoms with Crippen molar-refractivity contribution in [3.05, 3.63) is 58.6 Å². The van der Waals surface area contributed by atoms with Gasteiger partial charge in [0.15, 0.2) is 0 Å². The van der Waals surface area contributed by atoms with Gasteiger partial charge < -0.3 is 10.4 Å². The maximum Gasteiger partial charge on any atom is 0.339 e. The molecule has 0 aromatic heterocycles. The molecule has 0 saturated heterocycles. The highest BCUT2D eigenvalue weighted by Crippen LogP contribution is 2.22. The predicted octanol–water partition coefficient (Wildman–Crippen LogP) is 3.51. The molecule has 2 aromatic rings. The van der Waals surface area contributed by atoms with Crippen LogP contribution < -0.4 is 10.7 Å². The zero-order valence-electron chi connectivity index (χ0n) is 11.3. The van der Waals surface area contributed by atoms with Gasteiger partial charge in [-0.2, -0.15) is 5.10 Å². The molecular weight excluding hydrogens is 290 g/mol. The highest BCUT2D eigenvalue weighted by Gasteiger charge is 2.02.